The van der Waals surface area contributed by atoms with Gasteiger partial charge in [0.25, 0.3) is 0 Å². The van der Waals surface area contributed by atoms with Gasteiger partial charge in [-0.3, -0.25) is 0 Å². The lowest BCUT2D eigenvalue weighted by molar-refractivity contribution is -0.981. The third kappa shape index (κ3) is 11.3. The second-order valence-corrected chi connectivity index (χ2v) is 4.01. The van der Waals surface area contributed by atoms with Gasteiger partial charge in [0.15, 0.2) is 13.2 Å². The highest BCUT2D eigenvalue weighted by atomic mass is 17.0. The van der Waals surface area contributed by atoms with Gasteiger partial charge in [0, 0.05) is 0 Å². The first-order valence-corrected chi connectivity index (χ1v) is 6.54. The molecule has 0 rings (SSSR count). The van der Waals surface area contributed by atoms with Gasteiger partial charge in [-0.05, 0) is 25.7 Å². The Morgan fingerprint density at radius 2 is 1.19 bits per heavy atom. The van der Waals surface area contributed by atoms with Crippen LogP contribution in [0.1, 0.15) is 65.2 Å². The first-order valence-electron chi connectivity index (χ1n) is 6.54. The summed E-state index contributed by atoms with van der Waals surface area (Å²) in [6.45, 7) is 5.22. The predicted octanol–water partition coefficient (Wildman–Crippen LogP) is 3.79. The van der Waals surface area contributed by atoms with E-state index in [1.54, 1.807) is 0 Å². The van der Waals surface area contributed by atoms with Gasteiger partial charge >= 0.3 is 5.09 Å². The molecule has 0 unspecified atom stereocenters. The Kier molecular flexibility index (Phi) is 11.7. The van der Waals surface area contributed by atoms with Gasteiger partial charge < -0.3 is 0 Å². The van der Waals surface area contributed by atoms with Crippen molar-refractivity contribution >= 4 is 0 Å². The van der Waals surface area contributed by atoms with E-state index in [-0.39, 0.29) is 5.09 Å². The van der Waals surface area contributed by atoms with Gasteiger partial charge in [0.1, 0.15) is 4.91 Å². The van der Waals surface area contributed by atoms with E-state index in [2.05, 4.69) is 13.8 Å². The molecule has 0 aliphatic rings. The molecule has 0 spiro atoms. The molecule has 96 valence electrons. The smallest absolute Gasteiger partial charge is 0.187 e. The highest BCUT2D eigenvalue weighted by molar-refractivity contribution is 4.37. The maximum atomic E-state index is 11.0. The summed E-state index contributed by atoms with van der Waals surface area (Å²) >= 11 is 0. The van der Waals surface area contributed by atoms with Crippen LogP contribution in [-0.4, -0.2) is 18.3 Å². The molecule has 0 radical (unpaired) electrons. The van der Waals surface area contributed by atoms with Crippen LogP contribution in [0.5, 0.6) is 0 Å². The van der Waals surface area contributed by atoms with Crippen LogP contribution in [0.4, 0.5) is 0 Å². The molecule has 0 aromatic rings. The zero-order chi connectivity index (χ0) is 12.1. The topological polar surface area (TPSA) is 38.5 Å². The molecular weight excluding hydrogens is 206 g/mol. The predicted molar refractivity (Wildman–Crippen MR) is 63.8 cm³/mol. The Balaban J connectivity index is 3.12. The summed E-state index contributed by atoms with van der Waals surface area (Å²) in [5.74, 6) is 0. The molecule has 0 aliphatic carbocycles. The molecule has 0 fully saturated rings. The Labute approximate surface area is 98.8 Å². The van der Waals surface area contributed by atoms with Gasteiger partial charge in [-0.1, -0.05) is 39.5 Å². The molecule has 0 saturated carbocycles. The van der Waals surface area contributed by atoms with Gasteiger partial charge in [-0.25, -0.2) is 0 Å². The maximum Gasteiger partial charge on any atom is 0.477 e. The van der Waals surface area contributed by atoms with Crippen LogP contribution >= 0.6 is 0 Å². The zero-order valence-electron chi connectivity index (χ0n) is 10.7. The van der Waals surface area contributed by atoms with E-state index in [0.717, 1.165) is 25.7 Å². The number of rotatable bonds is 12. The molecule has 0 atom stereocenters. The first-order chi connectivity index (χ1) is 7.81. The lowest BCUT2D eigenvalue weighted by Gasteiger charge is -1.96. The molecule has 16 heavy (non-hydrogen) atoms. The first kappa shape index (κ1) is 15.2. The molecule has 0 bridgehead atoms. The minimum atomic E-state index is 0.262. The third-order valence-electron chi connectivity index (χ3n) is 2.39. The van der Waals surface area contributed by atoms with Crippen molar-refractivity contribution in [2.24, 2.45) is 0 Å². The van der Waals surface area contributed by atoms with Crippen LogP contribution < -0.4 is 0 Å². The summed E-state index contributed by atoms with van der Waals surface area (Å²) in [5, 5.41) is 0.262. The second kappa shape index (κ2) is 12.3. The zero-order valence-corrected chi connectivity index (χ0v) is 10.7. The van der Waals surface area contributed by atoms with Gasteiger partial charge in [0.05, 0.1) is 0 Å². The number of unbranched alkanes of at least 4 members (excludes halogenated alkanes) is 6. The summed E-state index contributed by atoms with van der Waals surface area (Å²) in [6.07, 6.45) is 8.84. The standard InChI is InChI=1S/C12H26NO3/c1-3-5-7-9-11-15-13(14)16-12-10-8-6-4-2/h3-12H2,1-2H3/q+1. The third-order valence-corrected chi connectivity index (χ3v) is 2.39. The van der Waals surface area contributed by atoms with E-state index in [0.29, 0.717) is 13.2 Å². The number of nitrogens with zero attached hydrogens (tertiary/aromatic N) is 1. The normalized spacial score (nSPS) is 10.1. The number of hydrogen-bond acceptors (Lipinski definition) is 3. The minimum Gasteiger partial charge on any atom is -0.187 e. The fourth-order valence-electron chi connectivity index (χ4n) is 1.37. The van der Waals surface area contributed by atoms with E-state index >= 15 is 0 Å². The Morgan fingerprint density at radius 3 is 1.56 bits per heavy atom. The van der Waals surface area contributed by atoms with Crippen molar-refractivity contribution in [3.8, 4) is 0 Å². The van der Waals surface area contributed by atoms with Gasteiger partial charge in [0.2, 0.25) is 0 Å². The quantitative estimate of drug-likeness (QED) is 0.379. The molecule has 4 nitrogen and oxygen atoms in total. The van der Waals surface area contributed by atoms with Crippen molar-refractivity contribution in [1.82, 2.24) is 0 Å². The van der Waals surface area contributed by atoms with Crippen molar-refractivity contribution in [1.29, 1.82) is 0 Å². The summed E-state index contributed by atoms with van der Waals surface area (Å²) in [4.78, 5) is 20.7. The van der Waals surface area contributed by atoms with Crippen molar-refractivity contribution in [2.45, 2.75) is 65.2 Å². The highest BCUT2D eigenvalue weighted by Crippen LogP contribution is 2.01. The van der Waals surface area contributed by atoms with Crippen LogP contribution in [0.3, 0.4) is 0 Å². The molecule has 0 heterocycles. The van der Waals surface area contributed by atoms with Crippen LogP contribution in [0.15, 0.2) is 0 Å². The summed E-state index contributed by atoms with van der Waals surface area (Å²) in [7, 11) is 0. The Bertz CT molecular complexity index is 146. The molecule has 0 amide bonds. The summed E-state index contributed by atoms with van der Waals surface area (Å²) in [5.41, 5.74) is 0. The van der Waals surface area contributed by atoms with Crippen LogP contribution in [0.2, 0.25) is 0 Å². The van der Waals surface area contributed by atoms with Crippen molar-refractivity contribution < 1.29 is 14.8 Å². The fraction of sp³-hybridized carbons (Fsp3) is 1.00. The van der Waals surface area contributed by atoms with E-state index in [1.165, 1.54) is 25.7 Å². The Morgan fingerprint density at radius 1 is 0.750 bits per heavy atom. The van der Waals surface area contributed by atoms with Crippen molar-refractivity contribution in [2.75, 3.05) is 13.2 Å². The lowest BCUT2D eigenvalue weighted by Crippen LogP contribution is -2.12. The largest absolute Gasteiger partial charge is 0.477 e. The average Bonchev–Trinajstić information content (AvgIpc) is 2.28. The molecule has 0 aliphatic heterocycles. The Hall–Kier alpha value is -0.800. The molecular formula is C12H26NO3+. The van der Waals surface area contributed by atoms with E-state index in [9.17, 15) is 4.91 Å². The molecule has 0 saturated heterocycles. The molecule has 0 N–H and O–H groups in total. The van der Waals surface area contributed by atoms with Gasteiger partial charge in [-0.2, -0.15) is 9.68 Å². The number of hydrogen-bond donors (Lipinski definition) is 0. The molecule has 0 aromatic carbocycles. The van der Waals surface area contributed by atoms with Crippen LogP contribution in [0, 0.1) is 4.91 Å². The van der Waals surface area contributed by atoms with Gasteiger partial charge in [-0.15, -0.1) is 0 Å². The molecule has 4 heteroatoms. The summed E-state index contributed by atoms with van der Waals surface area (Å²) in [6, 6.07) is 0. The highest BCUT2D eigenvalue weighted by Gasteiger charge is 2.10. The van der Waals surface area contributed by atoms with Crippen LogP contribution in [0.25, 0.3) is 0 Å². The maximum absolute atomic E-state index is 11.0. The van der Waals surface area contributed by atoms with E-state index in [4.69, 9.17) is 9.68 Å². The van der Waals surface area contributed by atoms with Crippen LogP contribution in [-0.2, 0) is 9.68 Å². The van der Waals surface area contributed by atoms with Crippen molar-refractivity contribution in [3.63, 3.8) is 0 Å². The average molecular weight is 232 g/mol. The lowest BCUT2D eigenvalue weighted by atomic mass is 10.2. The monoisotopic (exact) mass is 232 g/mol. The van der Waals surface area contributed by atoms with E-state index in [1.807, 2.05) is 0 Å². The minimum absolute atomic E-state index is 0.262. The fourth-order valence-corrected chi connectivity index (χ4v) is 1.37. The molecule has 0 aromatic heterocycles. The van der Waals surface area contributed by atoms with E-state index < -0.39 is 0 Å². The van der Waals surface area contributed by atoms with Crippen molar-refractivity contribution in [3.05, 3.63) is 4.91 Å². The summed E-state index contributed by atoms with van der Waals surface area (Å²) < 4.78 is 0. The second-order valence-electron chi connectivity index (χ2n) is 4.01. The SMILES string of the molecule is CCCCCCO[N+](=O)OCCCCCC.